The van der Waals surface area contributed by atoms with E-state index >= 15 is 0 Å². The van der Waals surface area contributed by atoms with Gasteiger partial charge >= 0.3 is 11.9 Å². The normalized spacial score (nSPS) is 22.0. The Labute approximate surface area is 363 Å². The van der Waals surface area contributed by atoms with E-state index in [9.17, 15) is 25.2 Å². The van der Waals surface area contributed by atoms with Crippen molar-refractivity contribution in [2.75, 3.05) is 13.2 Å². The lowest BCUT2D eigenvalue weighted by atomic mass is 9.59. The Hall–Kier alpha value is -5.60. The van der Waals surface area contributed by atoms with Gasteiger partial charge in [0.2, 0.25) is 0 Å². The Morgan fingerprint density at radius 3 is 1.62 bits per heavy atom. The summed E-state index contributed by atoms with van der Waals surface area (Å²) in [6.07, 6.45) is 12.8. The fourth-order valence-electron chi connectivity index (χ4n) is 9.01. The van der Waals surface area contributed by atoms with Crippen LogP contribution < -0.4 is 14.2 Å². The predicted molar refractivity (Wildman–Crippen MR) is 241 cm³/mol. The second-order valence-electron chi connectivity index (χ2n) is 16.8. The van der Waals surface area contributed by atoms with Crippen LogP contribution in [0.25, 0.3) is 22.3 Å². The summed E-state index contributed by atoms with van der Waals surface area (Å²) in [6, 6.07) is 36.1. The highest BCUT2D eigenvalue weighted by Gasteiger charge is 2.52. The van der Waals surface area contributed by atoms with Crippen LogP contribution in [0.15, 0.2) is 97.1 Å². The second-order valence-corrected chi connectivity index (χ2v) is 16.8. The monoisotopic (exact) mass is 824 g/mol. The van der Waals surface area contributed by atoms with E-state index in [0.717, 1.165) is 110 Å². The number of ether oxygens (including phenoxy) is 3. The smallest absolute Gasteiger partial charge is 0.331 e. The molecule has 0 saturated heterocycles. The molecule has 0 aromatic heterocycles. The minimum Gasteiger partial charge on any atom is -0.494 e. The van der Waals surface area contributed by atoms with Gasteiger partial charge in [-0.15, -0.1) is 0 Å². The number of carboxylic acid groups (broad SMARTS) is 1. The average molecular weight is 825 g/mol. The molecule has 0 amide bonds. The summed E-state index contributed by atoms with van der Waals surface area (Å²) in [4.78, 5) is 25.0. The van der Waals surface area contributed by atoms with Crippen LogP contribution in [0.4, 0.5) is 0 Å². The van der Waals surface area contributed by atoms with E-state index in [1.54, 1.807) is 12.1 Å². The van der Waals surface area contributed by atoms with Gasteiger partial charge in [-0.3, -0.25) is 4.79 Å². The number of aliphatic carboxylic acids is 1. The zero-order valence-corrected chi connectivity index (χ0v) is 36.7. The first-order valence-electron chi connectivity index (χ1n) is 22.6. The van der Waals surface area contributed by atoms with Crippen molar-refractivity contribution in [3.8, 4) is 51.6 Å². The molecule has 5 unspecified atom stereocenters. The summed E-state index contributed by atoms with van der Waals surface area (Å²) in [5, 5.41) is 29.5. The van der Waals surface area contributed by atoms with Crippen LogP contribution in [-0.2, 0) is 9.59 Å². The van der Waals surface area contributed by atoms with Gasteiger partial charge in [-0.25, -0.2) is 4.79 Å². The number of carbonyl (C=O) groups is 2. The molecule has 4 aromatic carbocycles. The third-order valence-electron chi connectivity index (χ3n) is 12.8. The van der Waals surface area contributed by atoms with Crippen LogP contribution in [0.1, 0.15) is 129 Å². The number of nitrogens with zero attached hydrogens (tertiary/aromatic N) is 2. The number of nitriles is 2. The number of carboxylic acids is 1. The van der Waals surface area contributed by atoms with Crippen molar-refractivity contribution in [3.63, 3.8) is 0 Å². The molecule has 1 N–H and O–H groups in total. The molecule has 0 radical (unpaired) electrons. The quantitative estimate of drug-likeness (QED) is 0.0633. The minimum absolute atomic E-state index is 0.208. The van der Waals surface area contributed by atoms with Gasteiger partial charge in [0.25, 0.3) is 0 Å². The first kappa shape index (κ1) is 46.5. The van der Waals surface area contributed by atoms with Crippen LogP contribution in [0.3, 0.4) is 0 Å². The van der Waals surface area contributed by atoms with Crippen LogP contribution >= 0.6 is 0 Å². The van der Waals surface area contributed by atoms with Gasteiger partial charge in [0.05, 0.1) is 25.4 Å². The first-order valence-corrected chi connectivity index (χ1v) is 22.6. The summed E-state index contributed by atoms with van der Waals surface area (Å²) in [5.41, 5.74) is 2.88. The van der Waals surface area contributed by atoms with Gasteiger partial charge in [0, 0.05) is 5.92 Å². The number of rotatable bonds is 17. The van der Waals surface area contributed by atoms with Crippen molar-refractivity contribution >= 4 is 11.9 Å². The van der Waals surface area contributed by atoms with Crippen LogP contribution in [0.2, 0.25) is 0 Å². The van der Waals surface area contributed by atoms with E-state index in [1.807, 2.05) is 72.8 Å². The summed E-state index contributed by atoms with van der Waals surface area (Å²) < 4.78 is 17.1. The molecule has 2 aliphatic rings. The zero-order valence-electron chi connectivity index (χ0n) is 36.7. The molecule has 2 fully saturated rings. The van der Waals surface area contributed by atoms with Crippen LogP contribution in [-0.4, -0.2) is 30.3 Å². The Balaban J connectivity index is 0.000000231. The maximum Gasteiger partial charge on any atom is 0.331 e. The lowest BCUT2D eigenvalue weighted by Crippen LogP contribution is -2.42. The fourth-order valence-corrected chi connectivity index (χ4v) is 9.01. The Kier molecular flexibility index (Phi) is 17.4. The van der Waals surface area contributed by atoms with E-state index in [-0.39, 0.29) is 11.8 Å². The Morgan fingerprint density at radius 1 is 0.639 bits per heavy atom. The number of esters is 1. The Bertz CT molecular complexity index is 2070. The molecule has 4 aromatic rings. The van der Waals surface area contributed by atoms with Crippen molar-refractivity contribution in [1.29, 1.82) is 10.5 Å². The summed E-state index contributed by atoms with van der Waals surface area (Å²) >= 11 is 0. The first-order chi connectivity index (χ1) is 29.6. The van der Waals surface area contributed by atoms with Crippen molar-refractivity contribution in [1.82, 2.24) is 0 Å². The molecular formula is C53H64N2O6. The van der Waals surface area contributed by atoms with Gasteiger partial charge in [0.15, 0.2) is 10.8 Å². The highest BCUT2D eigenvalue weighted by molar-refractivity contribution is 5.82. The standard InChI is InChI=1S/C27H33NO3.C26H31NO3/c1-3-5-6-18-31-24-15-13-22(14-16-24)21-9-11-23(12-10-21)25-20(4-2)8-7-17-27(25,19-28)26(29)30;1-3-5-17-29-23-12-8-21(9-13-23)22-10-14-24(15-11-22)30-25(28)26(19-27)16-6-7-20(4-2)18-26/h9-16,20,25H,3-8,17-18H2,1-2H3,(H,29,30);8-15,20H,3-7,16-18H2,1-2H3. The molecule has 0 aliphatic heterocycles. The third-order valence-corrected chi connectivity index (χ3v) is 12.8. The summed E-state index contributed by atoms with van der Waals surface area (Å²) in [5.74, 6) is 1.18. The lowest BCUT2D eigenvalue weighted by Gasteiger charge is -2.41. The number of hydrogen-bond acceptors (Lipinski definition) is 7. The van der Waals surface area contributed by atoms with Crippen LogP contribution in [0, 0.1) is 45.3 Å². The number of unbranched alkanes of at least 4 members (excludes halogenated alkanes) is 3. The average Bonchev–Trinajstić information content (AvgIpc) is 3.31. The van der Waals surface area contributed by atoms with Crippen molar-refractivity contribution in [3.05, 3.63) is 103 Å². The SMILES string of the molecule is CCCCCOc1ccc(-c2ccc(C3C(CC)CCCC3(C#N)C(=O)O)cc2)cc1.CCCCOc1ccc(-c2ccc(OC(=O)C3(C#N)CCCC(CC)C3)cc2)cc1. The topological polar surface area (TPSA) is 130 Å². The Morgan fingerprint density at radius 2 is 1.15 bits per heavy atom. The van der Waals surface area contributed by atoms with Gasteiger partial charge in [0.1, 0.15) is 17.2 Å². The fraction of sp³-hybridized carbons (Fsp3) is 0.472. The van der Waals surface area contributed by atoms with E-state index in [1.165, 1.54) is 12.8 Å². The number of benzene rings is 4. The largest absolute Gasteiger partial charge is 0.494 e. The van der Waals surface area contributed by atoms with Crippen molar-refractivity contribution in [2.45, 2.75) is 124 Å². The molecule has 61 heavy (non-hydrogen) atoms. The van der Waals surface area contributed by atoms with E-state index in [0.29, 0.717) is 30.9 Å². The van der Waals surface area contributed by atoms with Crippen molar-refractivity contribution in [2.24, 2.45) is 22.7 Å². The molecule has 5 atom stereocenters. The van der Waals surface area contributed by atoms with E-state index < -0.39 is 22.8 Å². The van der Waals surface area contributed by atoms with Gasteiger partial charge < -0.3 is 19.3 Å². The van der Waals surface area contributed by atoms with Gasteiger partial charge in [-0.1, -0.05) is 140 Å². The maximum absolute atomic E-state index is 12.8. The summed E-state index contributed by atoms with van der Waals surface area (Å²) in [6.45, 7) is 10.0. The second kappa shape index (κ2) is 22.8. The van der Waals surface area contributed by atoms with E-state index in [2.05, 4.69) is 52.0 Å². The molecule has 0 spiro atoms. The molecular weight excluding hydrogens is 761 g/mol. The molecule has 0 heterocycles. The number of hydrogen-bond donors (Lipinski definition) is 1. The molecule has 2 aliphatic carbocycles. The highest BCUT2D eigenvalue weighted by Crippen LogP contribution is 2.52. The lowest BCUT2D eigenvalue weighted by molar-refractivity contribution is -0.149. The maximum atomic E-state index is 12.8. The third kappa shape index (κ3) is 11.8. The minimum atomic E-state index is -1.34. The molecule has 0 bridgehead atoms. The predicted octanol–water partition coefficient (Wildman–Crippen LogP) is 13.4. The molecule has 2 saturated carbocycles. The van der Waals surface area contributed by atoms with E-state index in [4.69, 9.17) is 14.2 Å². The zero-order chi connectivity index (χ0) is 43.7. The molecule has 8 heteroatoms. The van der Waals surface area contributed by atoms with Crippen LogP contribution in [0.5, 0.6) is 17.2 Å². The van der Waals surface area contributed by atoms with Gasteiger partial charge in [-0.05, 0) is 115 Å². The summed E-state index contributed by atoms with van der Waals surface area (Å²) in [7, 11) is 0. The molecule has 322 valence electrons. The molecule has 8 nitrogen and oxygen atoms in total. The highest BCUT2D eigenvalue weighted by atomic mass is 16.5. The number of carbonyl (C=O) groups excluding carboxylic acids is 1. The van der Waals surface area contributed by atoms with Gasteiger partial charge in [-0.2, -0.15) is 10.5 Å². The van der Waals surface area contributed by atoms with Crippen molar-refractivity contribution < 1.29 is 28.9 Å². The molecule has 6 rings (SSSR count).